The number of hydrogen-bond acceptors (Lipinski definition) is 1. The van der Waals surface area contributed by atoms with E-state index in [9.17, 15) is 4.39 Å². The van der Waals surface area contributed by atoms with E-state index >= 15 is 0 Å². The van der Waals surface area contributed by atoms with E-state index in [1.807, 2.05) is 0 Å². The zero-order chi connectivity index (χ0) is 13.2. The Kier molecular flexibility index (Phi) is 3.56. The lowest BCUT2D eigenvalue weighted by molar-refractivity contribution is 0.625. The molecule has 1 aliphatic carbocycles. The highest BCUT2D eigenvalue weighted by Gasteiger charge is 2.10. The topological polar surface area (TPSA) is 12.0 Å². The summed E-state index contributed by atoms with van der Waals surface area (Å²) >= 11 is 3.45. The van der Waals surface area contributed by atoms with Crippen LogP contribution in [0.4, 0.5) is 10.1 Å². The third kappa shape index (κ3) is 2.81. The smallest absolute Gasteiger partial charge is 0.123 e. The molecule has 0 amide bonds. The molecule has 1 nitrogen and oxygen atoms in total. The van der Waals surface area contributed by atoms with Crippen molar-refractivity contribution in [3.05, 3.63) is 63.4 Å². The summed E-state index contributed by atoms with van der Waals surface area (Å²) in [5.41, 5.74) is 4.96. The maximum Gasteiger partial charge on any atom is 0.123 e. The highest BCUT2D eigenvalue weighted by Crippen LogP contribution is 2.26. The minimum atomic E-state index is -0.200. The molecule has 0 saturated heterocycles. The predicted octanol–water partition coefficient (Wildman–Crippen LogP) is 4.69. The van der Waals surface area contributed by atoms with Crippen molar-refractivity contribution in [2.75, 3.05) is 5.32 Å². The average Bonchev–Trinajstić information content (AvgIpc) is 2.87. The molecule has 0 atom stereocenters. The Hall–Kier alpha value is -1.35. The maximum absolute atomic E-state index is 13.2. The number of rotatable bonds is 3. The molecule has 0 unspecified atom stereocenters. The summed E-state index contributed by atoms with van der Waals surface area (Å²) in [7, 11) is 0. The third-order valence-electron chi connectivity index (χ3n) is 3.59. The van der Waals surface area contributed by atoms with Crippen molar-refractivity contribution in [1.82, 2.24) is 0 Å². The van der Waals surface area contributed by atoms with Gasteiger partial charge in [0.15, 0.2) is 0 Å². The van der Waals surface area contributed by atoms with Crippen LogP contribution in [0.5, 0.6) is 0 Å². The van der Waals surface area contributed by atoms with Gasteiger partial charge in [0, 0.05) is 16.7 Å². The molecule has 0 aliphatic heterocycles. The minimum absolute atomic E-state index is 0.200. The normalized spacial score (nSPS) is 13.4. The Labute approximate surface area is 121 Å². The molecule has 19 heavy (non-hydrogen) atoms. The second-order valence-electron chi connectivity index (χ2n) is 4.93. The number of aryl methyl sites for hydroxylation is 2. The van der Waals surface area contributed by atoms with Crippen LogP contribution in [-0.4, -0.2) is 0 Å². The lowest BCUT2D eigenvalue weighted by atomic mass is 10.1. The zero-order valence-corrected chi connectivity index (χ0v) is 12.1. The Balaban J connectivity index is 1.74. The van der Waals surface area contributed by atoms with Crippen molar-refractivity contribution in [3.63, 3.8) is 0 Å². The van der Waals surface area contributed by atoms with Crippen molar-refractivity contribution in [3.8, 4) is 0 Å². The number of anilines is 1. The number of hydrogen-bond donors (Lipinski definition) is 1. The van der Waals surface area contributed by atoms with Crippen molar-refractivity contribution < 1.29 is 4.39 Å². The number of halogens is 2. The maximum atomic E-state index is 13.2. The van der Waals surface area contributed by atoms with Gasteiger partial charge in [0.05, 0.1) is 0 Å². The van der Waals surface area contributed by atoms with Gasteiger partial charge in [0.25, 0.3) is 0 Å². The fourth-order valence-corrected chi connectivity index (χ4v) is 2.94. The molecule has 3 heteroatoms. The Morgan fingerprint density at radius 3 is 2.79 bits per heavy atom. The van der Waals surface area contributed by atoms with Gasteiger partial charge in [-0.05, 0) is 66.3 Å². The molecule has 3 rings (SSSR count). The molecule has 0 radical (unpaired) electrons. The first-order chi connectivity index (χ1) is 9.22. The Morgan fingerprint density at radius 1 is 1.05 bits per heavy atom. The van der Waals surface area contributed by atoms with Crippen LogP contribution in [0.25, 0.3) is 0 Å². The third-order valence-corrected chi connectivity index (χ3v) is 4.36. The van der Waals surface area contributed by atoms with E-state index in [1.54, 1.807) is 12.1 Å². The van der Waals surface area contributed by atoms with Crippen LogP contribution in [0.15, 0.2) is 40.9 Å². The van der Waals surface area contributed by atoms with E-state index in [-0.39, 0.29) is 5.82 Å². The average molecular weight is 320 g/mol. The van der Waals surface area contributed by atoms with Gasteiger partial charge in [-0.2, -0.15) is 0 Å². The van der Waals surface area contributed by atoms with E-state index < -0.39 is 0 Å². The molecular weight excluding hydrogens is 305 g/mol. The number of benzene rings is 2. The van der Waals surface area contributed by atoms with Gasteiger partial charge in [0.1, 0.15) is 5.82 Å². The summed E-state index contributed by atoms with van der Waals surface area (Å²) in [5, 5.41) is 3.36. The summed E-state index contributed by atoms with van der Waals surface area (Å²) in [6, 6.07) is 11.3. The standard InChI is InChI=1S/C16H15BrFN/c17-16-7-5-14(18)8-13(16)10-19-15-6-4-11-2-1-3-12(11)9-15/h4-9,19H,1-3,10H2. The zero-order valence-electron chi connectivity index (χ0n) is 10.5. The van der Waals surface area contributed by atoms with E-state index in [4.69, 9.17) is 0 Å². The Bertz CT molecular complexity index is 610. The predicted molar refractivity (Wildman–Crippen MR) is 79.9 cm³/mol. The van der Waals surface area contributed by atoms with E-state index in [2.05, 4.69) is 39.4 Å². The van der Waals surface area contributed by atoms with Crippen LogP contribution in [-0.2, 0) is 19.4 Å². The van der Waals surface area contributed by atoms with Crippen LogP contribution < -0.4 is 5.32 Å². The lowest BCUT2D eigenvalue weighted by Gasteiger charge is -2.10. The van der Waals surface area contributed by atoms with Gasteiger partial charge in [-0.3, -0.25) is 0 Å². The second-order valence-corrected chi connectivity index (χ2v) is 5.78. The lowest BCUT2D eigenvalue weighted by Crippen LogP contribution is -2.01. The van der Waals surface area contributed by atoms with Gasteiger partial charge in [-0.15, -0.1) is 0 Å². The molecule has 1 N–H and O–H groups in total. The van der Waals surface area contributed by atoms with Crippen LogP contribution in [0.3, 0.4) is 0 Å². The highest BCUT2D eigenvalue weighted by atomic mass is 79.9. The molecular formula is C16H15BrFN. The van der Waals surface area contributed by atoms with E-state index in [0.717, 1.165) is 15.7 Å². The summed E-state index contributed by atoms with van der Waals surface area (Å²) in [6.45, 7) is 0.622. The largest absolute Gasteiger partial charge is 0.381 e. The first kappa shape index (κ1) is 12.7. The van der Waals surface area contributed by atoms with Crippen LogP contribution >= 0.6 is 15.9 Å². The molecule has 2 aromatic carbocycles. The van der Waals surface area contributed by atoms with Gasteiger partial charge >= 0.3 is 0 Å². The van der Waals surface area contributed by atoms with Gasteiger partial charge < -0.3 is 5.32 Å². The molecule has 0 bridgehead atoms. The van der Waals surface area contributed by atoms with Gasteiger partial charge in [-0.25, -0.2) is 4.39 Å². The minimum Gasteiger partial charge on any atom is -0.381 e. The molecule has 0 aromatic heterocycles. The fourth-order valence-electron chi connectivity index (χ4n) is 2.56. The summed E-state index contributed by atoms with van der Waals surface area (Å²) in [5.74, 6) is -0.200. The van der Waals surface area contributed by atoms with Crippen molar-refractivity contribution >= 4 is 21.6 Å². The summed E-state index contributed by atoms with van der Waals surface area (Å²) in [4.78, 5) is 0. The SMILES string of the molecule is Fc1ccc(Br)c(CNc2ccc3c(c2)CCC3)c1. The van der Waals surface area contributed by atoms with Crippen LogP contribution in [0, 0.1) is 5.82 Å². The Morgan fingerprint density at radius 2 is 1.89 bits per heavy atom. The van der Waals surface area contributed by atoms with Crippen LogP contribution in [0.2, 0.25) is 0 Å². The molecule has 0 saturated carbocycles. The molecule has 0 fully saturated rings. The monoisotopic (exact) mass is 319 g/mol. The van der Waals surface area contributed by atoms with Crippen molar-refractivity contribution in [2.24, 2.45) is 0 Å². The molecule has 0 heterocycles. The molecule has 2 aromatic rings. The second kappa shape index (κ2) is 5.33. The van der Waals surface area contributed by atoms with E-state index in [0.29, 0.717) is 6.54 Å². The summed E-state index contributed by atoms with van der Waals surface area (Å²) in [6.07, 6.45) is 3.63. The number of fused-ring (bicyclic) bond motifs is 1. The highest BCUT2D eigenvalue weighted by molar-refractivity contribution is 9.10. The van der Waals surface area contributed by atoms with E-state index in [1.165, 1.54) is 36.5 Å². The molecule has 98 valence electrons. The van der Waals surface area contributed by atoms with Gasteiger partial charge in [-0.1, -0.05) is 22.0 Å². The summed E-state index contributed by atoms with van der Waals surface area (Å²) < 4.78 is 14.1. The first-order valence-electron chi connectivity index (χ1n) is 6.52. The van der Waals surface area contributed by atoms with Crippen molar-refractivity contribution in [2.45, 2.75) is 25.8 Å². The van der Waals surface area contributed by atoms with Crippen molar-refractivity contribution in [1.29, 1.82) is 0 Å². The molecule has 0 spiro atoms. The molecule has 1 aliphatic rings. The fraction of sp³-hybridized carbons (Fsp3) is 0.250. The quantitative estimate of drug-likeness (QED) is 0.865. The van der Waals surface area contributed by atoms with Gasteiger partial charge in [0.2, 0.25) is 0 Å². The first-order valence-corrected chi connectivity index (χ1v) is 7.31. The number of nitrogens with one attached hydrogen (secondary N) is 1. The van der Waals surface area contributed by atoms with Crippen LogP contribution in [0.1, 0.15) is 23.1 Å².